The lowest BCUT2D eigenvalue weighted by Crippen LogP contribution is -2.27. The molecule has 0 aliphatic heterocycles. The average molecular weight is 435 g/mol. The number of aromatic nitrogens is 4. The van der Waals surface area contributed by atoms with Crippen LogP contribution in [0.2, 0.25) is 0 Å². The number of halogens is 6. The number of hydrogen-bond donors (Lipinski definition) is 2. The lowest BCUT2D eigenvalue weighted by molar-refractivity contribution is -0.142. The summed E-state index contributed by atoms with van der Waals surface area (Å²) in [6, 6.07) is 3.57. The van der Waals surface area contributed by atoms with E-state index in [0.717, 1.165) is 30.6 Å². The van der Waals surface area contributed by atoms with Crippen molar-refractivity contribution in [3.63, 3.8) is 0 Å². The van der Waals surface area contributed by atoms with Crippen LogP contribution in [-0.2, 0) is 24.1 Å². The van der Waals surface area contributed by atoms with Crippen molar-refractivity contribution in [2.24, 2.45) is 0 Å². The van der Waals surface area contributed by atoms with Crippen molar-refractivity contribution in [1.82, 2.24) is 19.3 Å². The van der Waals surface area contributed by atoms with Crippen LogP contribution in [0.15, 0.2) is 35.4 Å². The summed E-state index contributed by atoms with van der Waals surface area (Å²) >= 11 is 0. The second-order valence-corrected chi connectivity index (χ2v) is 6.09. The number of nitrogens with zero attached hydrogens (tertiary/aromatic N) is 4. The van der Waals surface area contributed by atoms with Gasteiger partial charge in [0.15, 0.2) is 11.3 Å². The zero-order valence-corrected chi connectivity index (χ0v) is 14.6. The number of nitrogens with one attached hydrogen (secondary N) is 1. The summed E-state index contributed by atoms with van der Waals surface area (Å²) in [4.78, 5) is 27.1. The Morgan fingerprint density at radius 2 is 1.73 bits per heavy atom. The number of alkyl halides is 6. The number of rotatable bonds is 5. The van der Waals surface area contributed by atoms with Crippen LogP contribution in [0, 0.1) is 0 Å². The van der Waals surface area contributed by atoms with Gasteiger partial charge in [0.05, 0.1) is 11.9 Å². The summed E-state index contributed by atoms with van der Waals surface area (Å²) in [5.41, 5.74) is -2.86. The predicted octanol–water partition coefficient (Wildman–Crippen LogP) is 3.00. The summed E-state index contributed by atoms with van der Waals surface area (Å²) in [7, 11) is 0. The van der Waals surface area contributed by atoms with Gasteiger partial charge in [-0.05, 0) is 24.3 Å². The Bertz CT molecular complexity index is 1150. The van der Waals surface area contributed by atoms with Gasteiger partial charge in [0.2, 0.25) is 0 Å². The van der Waals surface area contributed by atoms with Gasteiger partial charge in [0, 0.05) is 5.69 Å². The zero-order chi connectivity index (χ0) is 22.3. The van der Waals surface area contributed by atoms with Crippen molar-refractivity contribution in [1.29, 1.82) is 0 Å². The van der Waals surface area contributed by atoms with Crippen molar-refractivity contribution < 1.29 is 36.2 Å². The van der Waals surface area contributed by atoms with E-state index in [1.807, 2.05) is 0 Å². The highest BCUT2D eigenvalue weighted by molar-refractivity contribution is 5.87. The summed E-state index contributed by atoms with van der Waals surface area (Å²) in [6.45, 7) is -2.49. The molecule has 0 bridgehead atoms. The first-order valence-corrected chi connectivity index (χ1v) is 8.04. The molecule has 30 heavy (non-hydrogen) atoms. The van der Waals surface area contributed by atoms with E-state index in [1.165, 1.54) is 0 Å². The van der Waals surface area contributed by atoms with Crippen molar-refractivity contribution >= 4 is 28.5 Å². The Kier molecular flexibility index (Phi) is 5.18. The first-order chi connectivity index (χ1) is 13.8. The van der Waals surface area contributed by atoms with Crippen molar-refractivity contribution in [2.45, 2.75) is 25.4 Å². The van der Waals surface area contributed by atoms with Gasteiger partial charge in [-0.25, -0.2) is 9.67 Å². The second-order valence-electron chi connectivity index (χ2n) is 6.09. The smallest absolute Gasteiger partial charge is 0.416 e. The second kappa shape index (κ2) is 7.35. The maximum absolute atomic E-state index is 12.9. The molecule has 1 aromatic carbocycles. The lowest BCUT2D eigenvalue weighted by Gasteiger charge is -2.08. The molecular weight excluding hydrogens is 424 g/mol. The number of hydrogen-bond acceptors (Lipinski definition) is 5. The minimum Gasteiger partial charge on any atom is -0.480 e. The molecule has 0 unspecified atom stereocenters. The van der Waals surface area contributed by atoms with Crippen LogP contribution in [-0.4, -0.2) is 36.6 Å². The van der Waals surface area contributed by atoms with Gasteiger partial charge in [0.25, 0.3) is 5.56 Å². The number of aliphatic carboxylic acids is 1. The fraction of sp³-hybridized carbons (Fsp3) is 0.250. The van der Waals surface area contributed by atoms with E-state index in [9.17, 15) is 35.9 Å². The highest BCUT2D eigenvalue weighted by Gasteiger charge is 2.32. The minimum atomic E-state index is -4.76. The first-order valence-electron chi connectivity index (χ1n) is 8.04. The van der Waals surface area contributed by atoms with E-state index in [1.54, 1.807) is 0 Å². The first kappa shape index (κ1) is 21.1. The number of anilines is 2. The maximum atomic E-state index is 12.9. The average Bonchev–Trinajstić information content (AvgIpc) is 2.93. The van der Waals surface area contributed by atoms with Crippen molar-refractivity contribution in [2.75, 3.05) is 5.32 Å². The van der Waals surface area contributed by atoms with E-state index in [4.69, 9.17) is 5.11 Å². The topological polar surface area (TPSA) is 102 Å². The normalized spacial score (nSPS) is 12.3. The summed E-state index contributed by atoms with van der Waals surface area (Å²) in [5, 5.41) is 15.0. The van der Waals surface area contributed by atoms with E-state index < -0.39 is 48.1 Å². The monoisotopic (exact) mass is 435 g/mol. The summed E-state index contributed by atoms with van der Waals surface area (Å²) in [5.74, 6) is -1.73. The maximum Gasteiger partial charge on any atom is 0.416 e. The molecular formula is C16H11F6N5O3. The van der Waals surface area contributed by atoms with Crippen molar-refractivity contribution in [3.8, 4) is 0 Å². The van der Waals surface area contributed by atoms with Crippen LogP contribution in [0.4, 0.5) is 37.8 Å². The fourth-order valence-corrected chi connectivity index (χ4v) is 2.61. The Hall–Kier alpha value is -3.58. The van der Waals surface area contributed by atoms with E-state index in [2.05, 4.69) is 15.4 Å². The van der Waals surface area contributed by atoms with Crippen LogP contribution >= 0.6 is 0 Å². The van der Waals surface area contributed by atoms with Crippen LogP contribution in [0.5, 0.6) is 0 Å². The minimum absolute atomic E-state index is 0.0538. The third-order valence-electron chi connectivity index (χ3n) is 3.83. The molecule has 3 aromatic rings. The molecule has 14 heteroatoms. The molecule has 0 spiro atoms. The van der Waals surface area contributed by atoms with Crippen molar-refractivity contribution in [3.05, 3.63) is 46.5 Å². The summed E-state index contributed by atoms with van der Waals surface area (Å²) < 4.78 is 77.6. The fourth-order valence-electron chi connectivity index (χ4n) is 2.61. The lowest BCUT2D eigenvalue weighted by atomic mass is 10.2. The SMILES string of the molecule is O=C(O)Cn1cnc2c(Nc3ccc(C(F)(F)F)cc3)nn(CC(F)(F)F)c2c1=O. The molecule has 0 amide bonds. The van der Waals surface area contributed by atoms with Gasteiger partial charge in [-0.15, -0.1) is 0 Å². The van der Waals surface area contributed by atoms with E-state index >= 15 is 0 Å². The van der Waals surface area contributed by atoms with Gasteiger partial charge in [-0.2, -0.15) is 31.4 Å². The predicted molar refractivity (Wildman–Crippen MR) is 90.2 cm³/mol. The highest BCUT2D eigenvalue weighted by Crippen LogP contribution is 2.31. The molecule has 8 nitrogen and oxygen atoms in total. The zero-order valence-electron chi connectivity index (χ0n) is 14.6. The number of carboxylic acids is 1. The molecule has 0 saturated carbocycles. The number of benzene rings is 1. The Balaban J connectivity index is 2.07. The van der Waals surface area contributed by atoms with E-state index in [0.29, 0.717) is 9.25 Å². The molecule has 0 saturated heterocycles. The molecule has 2 N–H and O–H groups in total. The standard InChI is InChI=1S/C16H11F6N5O3/c17-15(18,19)6-27-12-11(23-7-26(14(12)30)5-10(28)29)13(25-27)24-9-3-1-8(2-4-9)16(20,21)22/h1-4,7H,5-6H2,(H,24,25)(H,28,29). The van der Waals surface area contributed by atoms with Gasteiger partial charge >= 0.3 is 18.3 Å². The molecule has 0 fully saturated rings. The largest absolute Gasteiger partial charge is 0.480 e. The Labute approximate surface area is 162 Å². The van der Waals surface area contributed by atoms with Crippen LogP contribution in [0.3, 0.4) is 0 Å². The molecule has 160 valence electrons. The van der Waals surface area contributed by atoms with Crippen LogP contribution < -0.4 is 10.9 Å². The summed E-state index contributed by atoms with van der Waals surface area (Å²) in [6.07, 6.45) is -8.50. The third kappa shape index (κ3) is 4.52. The van der Waals surface area contributed by atoms with Gasteiger partial charge in [-0.3, -0.25) is 14.2 Å². The quantitative estimate of drug-likeness (QED) is 0.598. The Morgan fingerprint density at radius 3 is 2.27 bits per heavy atom. The number of carboxylic acid groups (broad SMARTS) is 1. The molecule has 3 rings (SSSR count). The molecule has 0 atom stereocenters. The van der Waals surface area contributed by atoms with Crippen LogP contribution in [0.1, 0.15) is 5.56 Å². The third-order valence-corrected chi connectivity index (χ3v) is 3.83. The van der Waals surface area contributed by atoms with Crippen LogP contribution in [0.25, 0.3) is 11.0 Å². The molecule has 0 aliphatic carbocycles. The van der Waals surface area contributed by atoms with Gasteiger partial charge in [-0.1, -0.05) is 0 Å². The number of carbonyl (C=O) groups is 1. The molecule has 0 aliphatic rings. The Morgan fingerprint density at radius 1 is 1.10 bits per heavy atom. The molecule has 0 radical (unpaired) electrons. The van der Waals surface area contributed by atoms with Gasteiger partial charge < -0.3 is 10.4 Å². The van der Waals surface area contributed by atoms with E-state index in [-0.39, 0.29) is 17.0 Å². The molecule has 2 aromatic heterocycles. The number of fused-ring (bicyclic) bond motifs is 1. The van der Waals surface area contributed by atoms with Gasteiger partial charge in [0.1, 0.15) is 18.6 Å². The highest BCUT2D eigenvalue weighted by atomic mass is 19.4. The molecule has 2 heterocycles.